The molecule has 1 aromatic heterocycles. The number of nitrogens with one attached hydrogen (secondary N) is 1. The van der Waals surface area contributed by atoms with Gasteiger partial charge in [0.2, 0.25) is 0 Å². The van der Waals surface area contributed by atoms with Crippen molar-refractivity contribution < 1.29 is 9.53 Å². The quantitative estimate of drug-likeness (QED) is 0.846. The van der Waals surface area contributed by atoms with E-state index in [1.807, 2.05) is 31.2 Å². The number of carbonyl (C=O) groups is 1. The highest BCUT2D eigenvalue weighted by atomic mass is 16.5. The van der Waals surface area contributed by atoms with Gasteiger partial charge in [0, 0.05) is 18.1 Å². The lowest BCUT2D eigenvalue weighted by Gasteiger charge is -2.15. The fourth-order valence-electron chi connectivity index (χ4n) is 1.87. The molecular formula is C15H17N3O2. The Hall–Kier alpha value is -2.43. The van der Waals surface area contributed by atoms with Crippen LogP contribution in [0.25, 0.3) is 0 Å². The molecule has 104 valence electrons. The molecule has 1 aromatic carbocycles. The molecule has 5 nitrogen and oxygen atoms in total. The Morgan fingerprint density at radius 3 is 2.95 bits per heavy atom. The van der Waals surface area contributed by atoms with Gasteiger partial charge in [0.25, 0.3) is 0 Å². The van der Waals surface area contributed by atoms with Crippen LogP contribution in [0.2, 0.25) is 0 Å². The van der Waals surface area contributed by atoms with Crippen molar-refractivity contribution in [2.45, 2.75) is 19.4 Å². The minimum Gasteiger partial charge on any atom is -0.469 e. The highest BCUT2D eigenvalue weighted by Crippen LogP contribution is 2.18. The zero-order valence-corrected chi connectivity index (χ0v) is 11.5. The van der Waals surface area contributed by atoms with E-state index in [1.165, 1.54) is 7.11 Å². The van der Waals surface area contributed by atoms with E-state index < -0.39 is 0 Å². The summed E-state index contributed by atoms with van der Waals surface area (Å²) in [6, 6.07) is 7.73. The SMILES string of the molecule is COC(=O)Cc1cccc(N[C@H](C)c2cnccn2)c1. The van der Waals surface area contributed by atoms with E-state index in [0.717, 1.165) is 16.9 Å². The number of hydrogen-bond acceptors (Lipinski definition) is 5. The van der Waals surface area contributed by atoms with Crippen LogP contribution in [0, 0.1) is 0 Å². The van der Waals surface area contributed by atoms with Crippen LogP contribution in [0.4, 0.5) is 5.69 Å². The first-order valence-corrected chi connectivity index (χ1v) is 6.37. The molecule has 0 amide bonds. The standard InChI is InChI=1S/C15H17N3O2/c1-11(14-10-16-6-7-17-14)18-13-5-3-4-12(8-13)9-15(19)20-2/h3-8,10-11,18H,9H2,1-2H3/t11-/m1/s1. The number of ether oxygens (including phenoxy) is 1. The summed E-state index contributed by atoms with van der Waals surface area (Å²) in [4.78, 5) is 19.6. The maximum absolute atomic E-state index is 11.3. The molecular weight excluding hydrogens is 254 g/mol. The van der Waals surface area contributed by atoms with E-state index >= 15 is 0 Å². The molecule has 0 radical (unpaired) electrons. The third-order valence-electron chi connectivity index (χ3n) is 2.91. The zero-order chi connectivity index (χ0) is 14.4. The molecule has 0 spiro atoms. The highest BCUT2D eigenvalue weighted by molar-refractivity contribution is 5.72. The van der Waals surface area contributed by atoms with E-state index in [4.69, 9.17) is 0 Å². The average molecular weight is 271 g/mol. The second kappa shape index (κ2) is 6.65. The van der Waals surface area contributed by atoms with Crippen molar-refractivity contribution in [1.82, 2.24) is 9.97 Å². The van der Waals surface area contributed by atoms with Gasteiger partial charge in [0.05, 0.1) is 31.5 Å². The number of methoxy groups -OCH3 is 1. The second-order valence-electron chi connectivity index (χ2n) is 4.45. The van der Waals surface area contributed by atoms with Gasteiger partial charge in [-0.2, -0.15) is 0 Å². The van der Waals surface area contributed by atoms with E-state index in [0.29, 0.717) is 0 Å². The van der Waals surface area contributed by atoms with E-state index in [2.05, 4.69) is 20.0 Å². The summed E-state index contributed by atoms with van der Waals surface area (Å²) < 4.78 is 4.67. The molecule has 5 heteroatoms. The fourth-order valence-corrected chi connectivity index (χ4v) is 1.87. The third-order valence-corrected chi connectivity index (χ3v) is 2.91. The number of esters is 1. The van der Waals surface area contributed by atoms with Crippen LogP contribution in [0.1, 0.15) is 24.2 Å². The lowest BCUT2D eigenvalue weighted by molar-refractivity contribution is -0.139. The summed E-state index contributed by atoms with van der Waals surface area (Å²) in [5, 5.41) is 3.34. The molecule has 0 bridgehead atoms. The van der Waals surface area contributed by atoms with Crippen molar-refractivity contribution in [3.63, 3.8) is 0 Å². The molecule has 1 atom stereocenters. The lowest BCUT2D eigenvalue weighted by Crippen LogP contribution is -2.09. The molecule has 20 heavy (non-hydrogen) atoms. The van der Waals surface area contributed by atoms with Gasteiger partial charge in [-0.1, -0.05) is 12.1 Å². The minimum atomic E-state index is -0.246. The topological polar surface area (TPSA) is 64.1 Å². The number of hydrogen-bond donors (Lipinski definition) is 1. The smallest absolute Gasteiger partial charge is 0.309 e. The van der Waals surface area contributed by atoms with E-state index in [1.54, 1.807) is 18.6 Å². The molecule has 2 aromatic rings. The summed E-state index contributed by atoms with van der Waals surface area (Å²) in [5.74, 6) is -0.246. The van der Waals surface area contributed by atoms with Crippen LogP contribution in [0.5, 0.6) is 0 Å². The molecule has 0 fully saturated rings. The Morgan fingerprint density at radius 2 is 2.25 bits per heavy atom. The van der Waals surface area contributed by atoms with Crippen molar-refractivity contribution >= 4 is 11.7 Å². The summed E-state index contributed by atoms with van der Waals surface area (Å²) in [6.07, 6.45) is 5.32. The number of rotatable bonds is 5. The number of benzene rings is 1. The Kier molecular flexibility index (Phi) is 4.65. The van der Waals surface area contributed by atoms with E-state index in [9.17, 15) is 4.79 Å². The number of anilines is 1. The monoisotopic (exact) mass is 271 g/mol. The van der Waals surface area contributed by atoms with Crippen molar-refractivity contribution in [3.05, 3.63) is 54.1 Å². The molecule has 2 rings (SSSR count). The van der Waals surface area contributed by atoms with Gasteiger partial charge in [-0.05, 0) is 24.6 Å². The van der Waals surface area contributed by atoms with E-state index in [-0.39, 0.29) is 18.4 Å². The summed E-state index contributed by atoms with van der Waals surface area (Å²) in [7, 11) is 1.39. The number of carbonyl (C=O) groups excluding carboxylic acids is 1. The molecule has 0 aliphatic carbocycles. The Labute approximate surface area is 118 Å². The molecule has 0 saturated carbocycles. The third kappa shape index (κ3) is 3.78. The fraction of sp³-hybridized carbons (Fsp3) is 0.267. The Balaban J connectivity index is 2.06. The molecule has 0 aliphatic heterocycles. The van der Waals surface area contributed by atoms with Crippen molar-refractivity contribution in [3.8, 4) is 0 Å². The van der Waals surface area contributed by atoms with Gasteiger partial charge >= 0.3 is 5.97 Å². The second-order valence-corrected chi connectivity index (χ2v) is 4.45. The van der Waals surface area contributed by atoms with Crippen LogP contribution in [-0.2, 0) is 16.0 Å². The first-order valence-electron chi connectivity index (χ1n) is 6.37. The van der Waals surface area contributed by atoms with Crippen LogP contribution in [0.3, 0.4) is 0 Å². The van der Waals surface area contributed by atoms with Gasteiger partial charge in [-0.15, -0.1) is 0 Å². The van der Waals surface area contributed by atoms with Gasteiger partial charge in [0.1, 0.15) is 0 Å². The normalized spacial score (nSPS) is 11.7. The van der Waals surface area contributed by atoms with Crippen LogP contribution < -0.4 is 5.32 Å². The minimum absolute atomic E-state index is 0.0390. The van der Waals surface area contributed by atoms with Crippen molar-refractivity contribution in [1.29, 1.82) is 0 Å². The average Bonchev–Trinajstić information content (AvgIpc) is 2.48. The van der Waals surface area contributed by atoms with Crippen LogP contribution >= 0.6 is 0 Å². The maximum atomic E-state index is 11.3. The molecule has 1 heterocycles. The van der Waals surface area contributed by atoms with Gasteiger partial charge in [0.15, 0.2) is 0 Å². The first-order chi connectivity index (χ1) is 9.69. The Morgan fingerprint density at radius 1 is 1.40 bits per heavy atom. The summed E-state index contributed by atoms with van der Waals surface area (Å²) in [5.41, 5.74) is 2.71. The zero-order valence-electron chi connectivity index (χ0n) is 11.5. The van der Waals surface area contributed by atoms with Gasteiger partial charge < -0.3 is 10.1 Å². The first kappa shape index (κ1) is 14.0. The molecule has 0 aliphatic rings. The predicted octanol–water partition coefficient (Wildman–Crippen LogP) is 2.37. The number of nitrogens with zero attached hydrogens (tertiary/aromatic N) is 2. The lowest BCUT2D eigenvalue weighted by atomic mass is 10.1. The van der Waals surface area contributed by atoms with Gasteiger partial charge in [-0.3, -0.25) is 14.8 Å². The molecule has 1 N–H and O–H groups in total. The molecule has 0 unspecified atom stereocenters. The van der Waals surface area contributed by atoms with Gasteiger partial charge in [-0.25, -0.2) is 0 Å². The summed E-state index contributed by atoms with van der Waals surface area (Å²) in [6.45, 7) is 2.01. The predicted molar refractivity (Wildman–Crippen MR) is 76.2 cm³/mol. The largest absolute Gasteiger partial charge is 0.469 e. The van der Waals surface area contributed by atoms with Crippen LogP contribution in [0.15, 0.2) is 42.9 Å². The maximum Gasteiger partial charge on any atom is 0.309 e. The summed E-state index contributed by atoms with van der Waals surface area (Å²) >= 11 is 0. The Bertz CT molecular complexity index is 572. The van der Waals surface area contributed by atoms with Crippen LogP contribution in [-0.4, -0.2) is 23.0 Å². The highest BCUT2D eigenvalue weighted by Gasteiger charge is 2.08. The van der Waals surface area contributed by atoms with Crippen molar-refractivity contribution in [2.75, 3.05) is 12.4 Å². The number of aromatic nitrogens is 2. The van der Waals surface area contributed by atoms with Crippen molar-refractivity contribution in [2.24, 2.45) is 0 Å². The molecule has 0 saturated heterocycles.